The van der Waals surface area contributed by atoms with Gasteiger partial charge in [-0.2, -0.15) is 5.26 Å². The molecule has 0 fully saturated rings. The molecule has 0 atom stereocenters. The van der Waals surface area contributed by atoms with Gasteiger partial charge in [0, 0.05) is 11.6 Å². The standard InChI is InChI=1S/C12H8N4/c13-7-10-11-9-4-2-1-3-8(9)5-6-16(11)15-12(10)14/h1-6H,(H2,14,15). The molecule has 0 spiro atoms. The topological polar surface area (TPSA) is 67.1 Å². The Kier molecular flexibility index (Phi) is 1.62. The van der Waals surface area contributed by atoms with Crippen molar-refractivity contribution in [2.75, 3.05) is 5.73 Å². The number of aromatic nitrogens is 2. The van der Waals surface area contributed by atoms with E-state index in [1.807, 2.05) is 36.5 Å². The Balaban J connectivity index is 2.64. The van der Waals surface area contributed by atoms with Crippen molar-refractivity contribution in [2.24, 2.45) is 0 Å². The molecule has 76 valence electrons. The molecule has 0 bridgehead atoms. The second-order valence-corrected chi connectivity index (χ2v) is 3.57. The van der Waals surface area contributed by atoms with E-state index in [0.29, 0.717) is 5.56 Å². The fourth-order valence-corrected chi connectivity index (χ4v) is 1.94. The van der Waals surface area contributed by atoms with Crippen molar-refractivity contribution in [1.29, 1.82) is 5.26 Å². The van der Waals surface area contributed by atoms with E-state index in [4.69, 9.17) is 11.0 Å². The Hall–Kier alpha value is -2.54. The maximum atomic E-state index is 9.08. The zero-order chi connectivity index (χ0) is 11.1. The van der Waals surface area contributed by atoms with Crippen molar-refractivity contribution in [2.45, 2.75) is 0 Å². The molecule has 1 aromatic carbocycles. The predicted molar refractivity (Wildman–Crippen MR) is 61.8 cm³/mol. The summed E-state index contributed by atoms with van der Waals surface area (Å²) in [6.07, 6.45) is 1.81. The van der Waals surface area contributed by atoms with Gasteiger partial charge in [0.05, 0.1) is 5.52 Å². The summed E-state index contributed by atoms with van der Waals surface area (Å²) in [5, 5.41) is 15.3. The summed E-state index contributed by atoms with van der Waals surface area (Å²) in [4.78, 5) is 0. The fourth-order valence-electron chi connectivity index (χ4n) is 1.94. The molecule has 4 heteroatoms. The van der Waals surface area contributed by atoms with Crippen LogP contribution >= 0.6 is 0 Å². The third-order valence-corrected chi connectivity index (χ3v) is 2.66. The van der Waals surface area contributed by atoms with Crippen LogP contribution in [0.1, 0.15) is 5.56 Å². The summed E-state index contributed by atoms with van der Waals surface area (Å²) in [5.74, 6) is 0.277. The molecule has 0 aliphatic carbocycles. The van der Waals surface area contributed by atoms with E-state index in [1.165, 1.54) is 0 Å². The van der Waals surface area contributed by atoms with Gasteiger partial charge in [-0.25, -0.2) is 4.52 Å². The monoisotopic (exact) mass is 208 g/mol. The number of nitrogen functional groups attached to an aromatic ring is 1. The summed E-state index contributed by atoms with van der Waals surface area (Å²) < 4.78 is 1.65. The zero-order valence-electron chi connectivity index (χ0n) is 8.38. The van der Waals surface area contributed by atoms with Crippen LogP contribution in [-0.2, 0) is 0 Å². The van der Waals surface area contributed by atoms with E-state index in [9.17, 15) is 0 Å². The van der Waals surface area contributed by atoms with Crippen LogP contribution in [0.2, 0.25) is 0 Å². The highest BCUT2D eigenvalue weighted by Crippen LogP contribution is 2.25. The molecule has 2 N–H and O–H groups in total. The van der Waals surface area contributed by atoms with Gasteiger partial charge < -0.3 is 5.73 Å². The SMILES string of the molecule is N#Cc1c(N)nn2ccc3ccccc3c12. The summed E-state index contributed by atoms with van der Waals surface area (Å²) in [7, 11) is 0. The third-order valence-electron chi connectivity index (χ3n) is 2.66. The van der Waals surface area contributed by atoms with Gasteiger partial charge in [0.2, 0.25) is 0 Å². The smallest absolute Gasteiger partial charge is 0.164 e. The third kappa shape index (κ3) is 0.997. The summed E-state index contributed by atoms with van der Waals surface area (Å²) in [6.45, 7) is 0. The first-order valence-electron chi connectivity index (χ1n) is 4.87. The van der Waals surface area contributed by atoms with Crippen LogP contribution in [0.5, 0.6) is 0 Å². The molecule has 2 heterocycles. The first kappa shape index (κ1) is 8.74. The second kappa shape index (κ2) is 2.97. The van der Waals surface area contributed by atoms with Crippen molar-refractivity contribution in [3.8, 4) is 6.07 Å². The van der Waals surface area contributed by atoms with E-state index in [0.717, 1.165) is 16.3 Å². The van der Waals surface area contributed by atoms with Crippen LogP contribution in [-0.4, -0.2) is 9.61 Å². The first-order chi connectivity index (χ1) is 7.81. The molecule has 3 rings (SSSR count). The van der Waals surface area contributed by atoms with Crippen molar-refractivity contribution >= 4 is 22.1 Å². The average Bonchev–Trinajstić information content (AvgIpc) is 2.65. The molecule has 3 aromatic rings. The van der Waals surface area contributed by atoms with Gasteiger partial charge in [-0.1, -0.05) is 24.3 Å². The molecule has 16 heavy (non-hydrogen) atoms. The number of nitrogens with two attached hydrogens (primary N) is 1. The number of pyridine rings is 1. The Labute approximate surface area is 91.5 Å². The molecule has 0 radical (unpaired) electrons. The number of rotatable bonds is 0. The molecule has 0 saturated heterocycles. The van der Waals surface area contributed by atoms with Crippen molar-refractivity contribution < 1.29 is 0 Å². The quantitative estimate of drug-likeness (QED) is 0.613. The van der Waals surface area contributed by atoms with Gasteiger partial charge in [-0.15, -0.1) is 5.10 Å². The van der Waals surface area contributed by atoms with Crippen LogP contribution in [0.4, 0.5) is 5.82 Å². The maximum absolute atomic E-state index is 9.08. The highest BCUT2D eigenvalue weighted by Gasteiger charge is 2.11. The number of hydrogen-bond acceptors (Lipinski definition) is 3. The molecule has 0 aliphatic heterocycles. The van der Waals surface area contributed by atoms with Gasteiger partial charge in [-0.05, 0) is 11.5 Å². The van der Waals surface area contributed by atoms with Gasteiger partial charge >= 0.3 is 0 Å². The van der Waals surface area contributed by atoms with Gasteiger partial charge in [-0.3, -0.25) is 0 Å². The summed E-state index contributed by atoms with van der Waals surface area (Å²) >= 11 is 0. The Morgan fingerprint density at radius 2 is 2.06 bits per heavy atom. The van der Waals surface area contributed by atoms with E-state index >= 15 is 0 Å². The normalized spacial score (nSPS) is 10.7. The minimum Gasteiger partial charge on any atom is -0.381 e. The van der Waals surface area contributed by atoms with Crippen molar-refractivity contribution in [3.05, 3.63) is 42.1 Å². The van der Waals surface area contributed by atoms with E-state index < -0.39 is 0 Å². The zero-order valence-corrected chi connectivity index (χ0v) is 8.38. The second-order valence-electron chi connectivity index (χ2n) is 3.57. The van der Waals surface area contributed by atoms with Crippen LogP contribution < -0.4 is 5.73 Å². The van der Waals surface area contributed by atoms with Crippen LogP contribution in [0, 0.1) is 11.3 Å². The van der Waals surface area contributed by atoms with Gasteiger partial charge in [0.15, 0.2) is 5.82 Å². The molecule has 0 saturated carbocycles. The highest BCUT2D eigenvalue weighted by atomic mass is 15.2. The lowest BCUT2D eigenvalue weighted by molar-refractivity contribution is 0.974. The summed E-state index contributed by atoms with van der Waals surface area (Å²) in [5.41, 5.74) is 6.92. The van der Waals surface area contributed by atoms with E-state index in [2.05, 4.69) is 11.2 Å². The number of fused-ring (bicyclic) bond motifs is 3. The summed E-state index contributed by atoms with van der Waals surface area (Å²) in [6, 6.07) is 11.9. The van der Waals surface area contributed by atoms with E-state index in [-0.39, 0.29) is 5.82 Å². The van der Waals surface area contributed by atoms with Crippen molar-refractivity contribution in [1.82, 2.24) is 9.61 Å². The van der Waals surface area contributed by atoms with Gasteiger partial charge in [0.1, 0.15) is 11.6 Å². The Morgan fingerprint density at radius 1 is 1.25 bits per heavy atom. The lowest BCUT2D eigenvalue weighted by Crippen LogP contribution is -1.88. The molecule has 0 amide bonds. The highest BCUT2D eigenvalue weighted by molar-refractivity contribution is 5.99. The van der Waals surface area contributed by atoms with Crippen LogP contribution in [0.3, 0.4) is 0 Å². The van der Waals surface area contributed by atoms with Crippen LogP contribution in [0.15, 0.2) is 36.5 Å². The number of benzene rings is 1. The number of nitrogens with zero attached hydrogens (tertiary/aromatic N) is 3. The lowest BCUT2D eigenvalue weighted by atomic mass is 10.1. The Bertz CT molecular complexity index is 734. The number of hydrogen-bond donors (Lipinski definition) is 1. The minimum atomic E-state index is 0.277. The number of anilines is 1. The fraction of sp³-hybridized carbons (Fsp3) is 0. The molecular weight excluding hydrogens is 200 g/mol. The van der Waals surface area contributed by atoms with Gasteiger partial charge in [0.25, 0.3) is 0 Å². The lowest BCUT2D eigenvalue weighted by Gasteiger charge is -1.99. The molecular formula is C12H8N4. The molecule has 2 aromatic heterocycles. The molecule has 4 nitrogen and oxygen atoms in total. The number of nitriles is 1. The maximum Gasteiger partial charge on any atom is 0.164 e. The first-order valence-corrected chi connectivity index (χ1v) is 4.87. The minimum absolute atomic E-state index is 0.277. The average molecular weight is 208 g/mol. The van der Waals surface area contributed by atoms with Crippen LogP contribution in [0.25, 0.3) is 16.3 Å². The molecule has 0 aliphatic rings. The van der Waals surface area contributed by atoms with E-state index in [1.54, 1.807) is 4.52 Å². The largest absolute Gasteiger partial charge is 0.381 e. The molecule has 0 unspecified atom stereocenters. The predicted octanol–water partition coefficient (Wildman–Crippen LogP) is 1.94. The van der Waals surface area contributed by atoms with Crippen molar-refractivity contribution in [3.63, 3.8) is 0 Å². The Morgan fingerprint density at radius 3 is 2.88 bits per heavy atom.